The number of aliphatic carboxylic acids is 1. The van der Waals surface area contributed by atoms with Crippen molar-refractivity contribution < 1.29 is 14.7 Å². The lowest BCUT2D eigenvalue weighted by molar-refractivity contribution is -0.137. The third kappa shape index (κ3) is 5.10. The van der Waals surface area contributed by atoms with Gasteiger partial charge in [0.1, 0.15) is 19.2 Å². The average Bonchev–Trinajstić information content (AvgIpc) is 2.66. The molecule has 7 nitrogen and oxygen atoms in total. The largest absolute Gasteiger partial charge is 0.481 e. The van der Waals surface area contributed by atoms with Crippen molar-refractivity contribution in [3.8, 4) is 0 Å². The van der Waals surface area contributed by atoms with Crippen LogP contribution in [0.4, 0.5) is 0 Å². The zero-order valence-corrected chi connectivity index (χ0v) is 9.88. The summed E-state index contributed by atoms with van der Waals surface area (Å²) in [4.78, 5) is 25.8. The minimum absolute atomic E-state index is 0.0244. The molecular weight excluding hydrogens is 224 g/mol. The van der Waals surface area contributed by atoms with E-state index >= 15 is 0 Å². The monoisotopic (exact) mass is 240 g/mol. The Morgan fingerprint density at radius 1 is 1.47 bits per heavy atom. The smallest absolute Gasteiger partial charge is 0.303 e. The molecule has 0 unspecified atom stereocenters. The summed E-state index contributed by atoms with van der Waals surface area (Å²) >= 11 is 0. The number of nitrogens with one attached hydrogen (secondary N) is 1. The molecule has 0 spiro atoms. The lowest BCUT2D eigenvalue weighted by Crippen LogP contribution is -2.45. The minimum Gasteiger partial charge on any atom is -0.481 e. The molecule has 0 saturated carbocycles. The van der Waals surface area contributed by atoms with Gasteiger partial charge in [-0.3, -0.25) is 9.59 Å². The van der Waals surface area contributed by atoms with Crippen LogP contribution < -0.4 is 5.32 Å². The molecule has 17 heavy (non-hydrogen) atoms. The number of carboxylic acid groups (broad SMARTS) is 1. The lowest BCUT2D eigenvalue weighted by atomic mass is 9.98. The number of carbonyl (C=O) groups is 2. The zero-order valence-electron chi connectivity index (χ0n) is 9.88. The third-order valence-corrected chi connectivity index (χ3v) is 2.21. The molecule has 2 N–H and O–H groups in total. The Morgan fingerprint density at radius 2 is 2.18 bits per heavy atom. The molecule has 0 atom stereocenters. The second-order valence-corrected chi connectivity index (χ2v) is 4.42. The van der Waals surface area contributed by atoms with Crippen molar-refractivity contribution in [2.24, 2.45) is 0 Å². The van der Waals surface area contributed by atoms with E-state index in [1.54, 1.807) is 13.8 Å². The van der Waals surface area contributed by atoms with Crippen molar-refractivity contribution in [3.05, 3.63) is 12.7 Å². The van der Waals surface area contributed by atoms with Crippen LogP contribution in [0.25, 0.3) is 0 Å². The van der Waals surface area contributed by atoms with Crippen molar-refractivity contribution in [2.45, 2.75) is 38.8 Å². The molecule has 1 rings (SSSR count). The van der Waals surface area contributed by atoms with E-state index < -0.39 is 11.5 Å². The summed E-state index contributed by atoms with van der Waals surface area (Å²) in [6.45, 7) is 3.65. The standard InChI is InChI=1S/C10H16N4O3/c1-10(2,4-3-9(16)17)13-8(15)5-14-7-11-6-12-14/h6-7H,3-5H2,1-2H3,(H,13,15)(H,16,17). The fourth-order valence-corrected chi connectivity index (χ4v) is 1.36. The van der Waals surface area contributed by atoms with E-state index in [4.69, 9.17) is 5.11 Å². The van der Waals surface area contributed by atoms with Crippen molar-refractivity contribution in [2.75, 3.05) is 0 Å². The maximum Gasteiger partial charge on any atom is 0.303 e. The quantitative estimate of drug-likeness (QED) is 0.731. The molecular formula is C10H16N4O3. The summed E-state index contributed by atoms with van der Waals surface area (Å²) in [7, 11) is 0. The predicted octanol–water partition coefficient (Wildman–Crippen LogP) is 0.0377. The van der Waals surface area contributed by atoms with Crippen molar-refractivity contribution in [1.82, 2.24) is 20.1 Å². The summed E-state index contributed by atoms with van der Waals surface area (Å²) in [6, 6.07) is 0. The normalized spacial score (nSPS) is 11.2. The van der Waals surface area contributed by atoms with Crippen molar-refractivity contribution >= 4 is 11.9 Å². The van der Waals surface area contributed by atoms with Crippen LogP contribution in [-0.2, 0) is 16.1 Å². The van der Waals surface area contributed by atoms with E-state index in [2.05, 4.69) is 15.4 Å². The Balaban J connectivity index is 2.41. The number of nitrogens with zero attached hydrogens (tertiary/aromatic N) is 3. The number of rotatable bonds is 6. The van der Waals surface area contributed by atoms with Crippen LogP contribution in [-0.4, -0.2) is 37.3 Å². The van der Waals surface area contributed by atoms with Crippen LogP contribution in [0.2, 0.25) is 0 Å². The summed E-state index contributed by atoms with van der Waals surface area (Å²) in [5.74, 6) is -1.09. The van der Waals surface area contributed by atoms with Crippen LogP contribution in [0.5, 0.6) is 0 Å². The molecule has 0 radical (unpaired) electrons. The number of hydrogen-bond donors (Lipinski definition) is 2. The van der Waals surface area contributed by atoms with E-state index in [1.165, 1.54) is 17.3 Å². The Bertz CT molecular complexity index is 386. The number of carboxylic acids is 1. The maximum atomic E-state index is 11.6. The van der Waals surface area contributed by atoms with Gasteiger partial charge >= 0.3 is 5.97 Å². The first-order chi connectivity index (χ1) is 7.89. The van der Waals surface area contributed by atoms with Gasteiger partial charge in [-0.15, -0.1) is 0 Å². The third-order valence-electron chi connectivity index (χ3n) is 2.21. The van der Waals surface area contributed by atoms with E-state index in [1.807, 2.05) is 0 Å². The van der Waals surface area contributed by atoms with E-state index in [0.29, 0.717) is 6.42 Å². The first-order valence-corrected chi connectivity index (χ1v) is 5.24. The molecule has 1 amide bonds. The fourth-order valence-electron chi connectivity index (χ4n) is 1.36. The Kier molecular flexibility index (Phi) is 4.19. The number of carbonyl (C=O) groups excluding carboxylic acids is 1. The van der Waals surface area contributed by atoms with Gasteiger partial charge in [0.05, 0.1) is 0 Å². The topological polar surface area (TPSA) is 97.1 Å². The van der Waals surface area contributed by atoms with Crippen LogP contribution >= 0.6 is 0 Å². The van der Waals surface area contributed by atoms with Gasteiger partial charge in [-0.2, -0.15) is 5.10 Å². The summed E-state index contributed by atoms with van der Waals surface area (Å²) in [5, 5.41) is 15.2. The predicted molar refractivity (Wildman–Crippen MR) is 59.1 cm³/mol. The van der Waals surface area contributed by atoms with Gasteiger partial charge < -0.3 is 10.4 Å². The molecule has 0 bridgehead atoms. The highest BCUT2D eigenvalue weighted by atomic mass is 16.4. The van der Waals surface area contributed by atoms with Gasteiger partial charge in [-0.1, -0.05) is 0 Å². The molecule has 0 aromatic carbocycles. The fraction of sp³-hybridized carbons (Fsp3) is 0.600. The molecule has 0 aliphatic heterocycles. The van der Waals surface area contributed by atoms with Gasteiger partial charge in [-0.25, -0.2) is 9.67 Å². The number of hydrogen-bond acceptors (Lipinski definition) is 4. The zero-order chi connectivity index (χ0) is 12.9. The van der Waals surface area contributed by atoms with Crippen LogP contribution in [0.3, 0.4) is 0 Å². The molecule has 0 aliphatic rings. The summed E-state index contributed by atoms with van der Waals surface area (Å²) in [6.07, 6.45) is 3.20. The molecule has 94 valence electrons. The molecule has 7 heteroatoms. The SMILES string of the molecule is CC(C)(CCC(=O)O)NC(=O)Cn1cncn1. The first kappa shape index (κ1) is 13.1. The van der Waals surface area contributed by atoms with Gasteiger partial charge in [0.2, 0.25) is 5.91 Å². The average molecular weight is 240 g/mol. The highest BCUT2D eigenvalue weighted by Crippen LogP contribution is 2.11. The van der Waals surface area contributed by atoms with Crippen molar-refractivity contribution in [1.29, 1.82) is 0 Å². The minimum atomic E-state index is -0.872. The molecule has 1 aromatic rings. The van der Waals surface area contributed by atoms with Crippen LogP contribution in [0.15, 0.2) is 12.7 Å². The first-order valence-electron chi connectivity index (χ1n) is 5.24. The molecule has 1 heterocycles. The molecule has 0 fully saturated rings. The summed E-state index contributed by atoms with van der Waals surface area (Å²) < 4.78 is 1.41. The Labute approximate surface area is 98.8 Å². The number of aromatic nitrogens is 3. The van der Waals surface area contributed by atoms with E-state index in [0.717, 1.165) is 0 Å². The van der Waals surface area contributed by atoms with Crippen LogP contribution in [0, 0.1) is 0 Å². The van der Waals surface area contributed by atoms with Crippen molar-refractivity contribution in [3.63, 3.8) is 0 Å². The number of amides is 1. The molecule has 0 saturated heterocycles. The summed E-state index contributed by atoms with van der Waals surface area (Å²) in [5.41, 5.74) is -0.546. The van der Waals surface area contributed by atoms with E-state index in [9.17, 15) is 9.59 Å². The van der Waals surface area contributed by atoms with Gasteiger partial charge in [-0.05, 0) is 20.3 Å². The molecule has 1 aromatic heterocycles. The molecule has 0 aliphatic carbocycles. The van der Waals surface area contributed by atoms with Gasteiger partial charge in [0, 0.05) is 12.0 Å². The van der Waals surface area contributed by atoms with E-state index in [-0.39, 0.29) is 18.9 Å². The second kappa shape index (κ2) is 5.42. The van der Waals surface area contributed by atoms with Gasteiger partial charge in [0.25, 0.3) is 0 Å². The van der Waals surface area contributed by atoms with Crippen LogP contribution in [0.1, 0.15) is 26.7 Å². The second-order valence-electron chi connectivity index (χ2n) is 4.42. The highest BCUT2D eigenvalue weighted by molar-refractivity contribution is 5.76. The maximum absolute atomic E-state index is 11.6. The Morgan fingerprint density at radius 3 is 2.71 bits per heavy atom. The highest BCUT2D eigenvalue weighted by Gasteiger charge is 2.21. The van der Waals surface area contributed by atoms with Gasteiger partial charge in [0.15, 0.2) is 0 Å². The Hall–Kier alpha value is -1.92. The lowest BCUT2D eigenvalue weighted by Gasteiger charge is -2.25.